The zero-order chi connectivity index (χ0) is 14.5. The first kappa shape index (κ1) is 15.9. The monoisotopic (exact) mass is 287 g/mol. The molecular formula is C13H21NO4S. The summed E-state index contributed by atoms with van der Waals surface area (Å²) in [4.78, 5) is 0.374. The summed E-state index contributed by atoms with van der Waals surface area (Å²) in [6.45, 7) is 4.26. The molecule has 0 unspecified atom stereocenters. The second-order valence-corrected chi connectivity index (χ2v) is 6.43. The van der Waals surface area contributed by atoms with Crippen molar-refractivity contribution in [3.63, 3.8) is 0 Å². The van der Waals surface area contributed by atoms with Gasteiger partial charge in [-0.15, -0.1) is 0 Å². The highest BCUT2D eigenvalue weighted by Crippen LogP contribution is 2.26. The summed E-state index contributed by atoms with van der Waals surface area (Å²) in [7, 11) is -1.77. The summed E-state index contributed by atoms with van der Waals surface area (Å²) in [5.41, 5.74) is 1.39. The Morgan fingerprint density at radius 2 is 1.79 bits per heavy atom. The summed E-state index contributed by atoms with van der Waals surface area (Å²) in [6.07, 6.45) is 0. The third-order valence-electron chi connectivity index (χ3n) is 2.82. The highest BCUT2D eigenvalue weighted by Gasteiger charge is 2.20. The van der Waals surface area contributed by atoms with Crippen molar-refractivity contribution in [1.82, 2.24) is 5.32 Å². The van der Waals surface area contributed by atoms with Crippen LogP contribution in [-0.2, 0) is 9.84 Å². The molecule has 0 atom stereocenters. The van der Waals surface area contributed by atoms with Crippen molar-refractivity contribution in [2.45, 2.75) is 18.7 Å². The first-order valence-corrected chi connectivity index (χ1v) is 7.77. The van der Waals surface area contributed by atoms with Crippen molar-refractivity contribution in [1.29, 1.82) is 0 Å². The van der Waals surface area contributed by atoms with Crippen molar-refractivity contribution in [3.8, 4) is 5.75 Å². The van der Waals surface area contributed by atoms with Gasteiger partial charge in [-0.3, -0.25) is 0 Å². The van der Waals surface area contributed by atoms with Crippen molar-refractivity contribution >= 4 is 9.84 Å². The van der Waals surface area contributed by atoms with Crippen LogP contribution in [0.3, 0.4) is 0 Å². The first-order chi connectivity index (χ1) is 8.92. The highest BCUT2D eigenvalue weighted by atomic mass is 32.2. The molecule has 5 nitrogen and oxygen atoms in total. The van der Waals surface area contributed by atoms with Crippen LogP contribution in [-0.4, -0.2) is 46.1 Å². The third kappa shape index (κ3) is 4.19. The molecular weight excluding hydrogens is 266 g/mol. The molecule has 0 bridgehead atoms. The van der Waals surface area contributed by atoms with Gasteiger partial charge in [0.1, 0.15) is 5.75 Å². The molecule has 0 saturated carbocycles. The van der Waals surface area contributed by atoms with Gasteiger partial charge in [0.15, 0.2) is 9.84 Å². The van der Waals surface area contributed by atoms with Gasteiger partial charge in [-0.05, 0) is 37.1 Å². The summed E-state index contributed by atoms with van der Waals surface area (Å²) in [5.74, 6) is 0.674. The van der Waals surface area contributed by atoms with Gasteiger partial charge in [-0.2, -0.15) is 0 Å². The number of nitrogens with one attached hydrogen (secondary N) is 1. The molecule has 19 heavy (non-hydrogen) atoms. The number of aliphatic hydroxyl groups excluding tert-OH is 1. The van der Waals surface area contributed by atoms with Crippen molar-refractivity contribution < 1.29 is 18.3 Å². The van der Waals surface area contributed by atoms with Gasteiger partial charge in [0.05, 0.1) is 24.4 Å². The number of aryl methyl sites for hydroxylation is 2. The van der Waals surface area contributed by atoms with E-state index in [1.165, 1.54) is 0 Å². The summed E-state index contributed by atoms with van der Waals surface area (Å²) >= 11 is 0. The van der Waals surface area contributed by atoms with Gasteiger partial charge >= 0.3 is 0 Å². The molecule has 1 aromatic carbocycles. The van der Waals surface area contributed by atoms with E-state index in [0.29, 0.717) is 34.9 Å². The molecule has 0 aromatic heterocycles. The number of rotatable bonds is 7. The minimum atomic E-state index is -3.33. The van der Waals surface area contributed by atoms with E-state index >= 15 is 0 Å². The van der Waals surface area contributed by atoms with Crippen LogP contribution in [0.2, 0.25) is 0 Å². The Balaban J connectivity index is 2.95. The lowest BCUT2D eigenvalue weighted by Gasteiger charge is -2.13. The Morgan fingerprint density at radius 1 is 1.21 bits per heavy atom. The van der Waals surface area contributed by atoms with Gasteiger partial charge in [0, 0.05) is 13.1 Å². The predicted molar refractivity (Wildman–Crippen MR) is 74.5 cm³/mol. The Kier molecular flexibility index (Phi) is 5.78. The molecule has 0 amide bonds. The number of sulfone groups is 1. The molecule has 0 heterocycles. The lowest BCUT2D eigenvalue weighted by atomic mass is 10.1. The largest absolute Gasteiger partial charge is 0.497 e. The maximum atomic E-state index is 12.3. The highest BCUT2D eigenvalue weighted by molar-refractivity contribution is 7.91. The Hall–Kier alpha value is -1.11. The van der Waals surface area contributed by atoms with Crippen LogP contribution < -0.4 is 10.1 Å². The van der Waals surface area contributed by atoms with Gasteiger partial charge < -0.3 is 15.2 Å². The molecule has 108 valence electrons. The van der Waals surface area contributed by atoms with Gasteiger partial charge in [-0.25, -0.2) is 8.42 Å². The molecule has 0 spiro atoms. The predicted octanol–water partition coefficient (Wildman–Crippen LogP) is 0.668. The fourth-order valence-corrected chi connectivity index (χ4v) is 3.75. The molecule has 0 aliphatic rings. The fourth-order valence-electron chi connectivity index (χ4n) is 2.03. The van der Waals surface area contributed by atoms with E-state index in [2.05, 4.69) is 5.32 Å². The quantitative estimate of drug-likeness (QED) is 0.721. The number of methoxy groups -OCH3 is 1. The molecule has 0 fully saturated rings. The van der Waals surface area contributed by atoms with Crippen LogP contribution in [0.25, 0.3) is 0 Å². The molecule has 0 aliphatic carbocycles. The Morgan fingerprint density at radius 3 is 2.26 bits per heavy atom. The maximum absolute atomic E-state index is 12.3. The van der Waals surface area contributed by atoms with Gasteiger partial charge in [-0.1, -0.05) is 0 Å². The van der Waals surface area contributed by atoms with Gasteiger partial charge in [0.25, 0.3) is 0 Å². The number of hydrogen-bond donors (Lipinski definition) is 2. The van der Waals surface area contributed by atoms with Crippen LogP contribution >= 0.6 is 0 Å². The maximum Gasteiger partial charge on any atom is 0.180 e. The summed E-state index contributed by atoms with van der Waals surface area (Å²) in [6, 6.07) is 3.45. The second-order valence-electron chi connectivity index (χ2n) is 4.38. The fraction of sp³-hybridized carbons (Fsp3) is 0.538. The van der Waals surface area contributed by atoms with E-state index in [0.717, 1.165) is 0 Å². The second kappa shape index (κ2) is 6.88. The Labute approximate surface area is 114 Å². The van der Waals surface area contributed by atoms with E-state index in [9.17, 15) is 8.42 Å². The van der Waals surface area contributed by atoms with Crippen LogP contribution in [0.4, 0.5) is 0 Å². The van der Waals surface area contributed by atoms with E-state index in [1.807, 2.05) is 0 Å². The van der Waals surface area contributed by atoms with E-state index < -0.39 is 9.84 Å². The van der Waals surface area contributed by atoms with Crippen molar-refractivity contribution in [2.75, 3.05) is 32.6 Å². The molecule has 0 radical (unpaired) electrons. The number of benzene rings is 1. The smallest absolute Gasteiger partial charge is 0.180 e. The lowest BCUT2D eigenvalue weighted by Crippen LogP contribution is -2.26. The van der Waals surface area contributed by atoms with E-state index in [4.69, 9.17) is 9.84 Å². The average Bonchev–Trinajstić information content (AvgIpc) is 2.33. The van der Waals surface area contributed by atoms with Gasteiger partial charge in [0.2, 0.25) is 0 Å². The third-order valence-corrected chi connectivity index (χ3v) is 4.82. The van der Waals surface area contributed by atoms with Crippen LogP contribution in [0.5, 0.6) is 5.75 Å². The number of aliphatic hydroxyl groups is 1. The molecule has 2 N–H and O–H groups in total. The normalized spacial score (nSPS) is 11.6. The van der Waals surface area contributed by atoms with Crippen LogP contribution in [0, 0.1) is 13.8 Å². The minimum Gasteiger partial charge on any atom is -0.497 e. The molecule has 0 saturated heterocycles. The zero-order valence-corrected chi connectivity index (χ0v) is 12.4. The lowest BCUT2D eigenvalue weighted by molar-refractivity contribution is 0.293. The standard InChI is InChI=1S/C13H21NO4S/c1-10-8-12(18-3)9-11(2)13(10)19(16,17)7-5-14-4-6-15/h8-9,14-15H,4-7H2,1-3H3. The Bertz CT molecular complexity index is 502. The number of hydrogen-bond acceptors (Lipinski definition) is 5. The van der Waals surface area contributed by atoms with Crippen molar-refractivity contribution in [3.05, 3.63) is 23.3 Å². The molecule has 0 aliphatic heterocycles. The van der Waals surface area contributed by atoms with Crippen molar-refractivity contribution in [2.24, 2.45) is 0 Å². The first-order valence-electron chi connectivity index (χ1n) is 6.12. The summed E-state index contributed by atoms with van der Waals surface area (Å²) < 4.78 is 29.7. The van der Waals surface area contributed by atoms with E-state index in [-0.39, 0.29) is 12.4 Å². The zero-order valence-electron chi connectivity index (χ0n) is 11.6. The van der Waals surface area contributed by atoms with Crippen LogP contribution in [0.15, 0.2) is 17.0 Å². The SMILES string of the molecule is COc1cc(C)c(S(=O)(=O)CCNCCO)c(C)c1. The molecule has 1 rings (SSSR count). The number of ether oxygens (including phenoxy) is 1. The topological polar surface area (TPSA) is 75.6 Å². The minimum absolute atomic E-state index is 0.000634. The molecule has 1 aromatic rings. The van der Waals surface area contributed by atoms with E-state index in [1.54, 1.807) is 33.1 Å². The molecule has 6 heteroatoms. The summed E-state index contributed by atoms with van der Waals surface area (Å²) in [5, 5.41) is 11.5. The average molecular weight is 287 g/mol. The van der Waals surface area contributed by atoms with Crippen LogP contribution in [0.1, 0.15) is 11.1 Å².